The zero-order valence-corrected chi connectivity index (χ0v) is 15.1. The smallest absolute Gasteiger partial charge is 0.316 e. The fraction of sp³-hybridized carbons (Fsp3) is 0.450. The van der Waals surface area contributed by atoms with Gasteiger partial charge in [-0.25, -0.2) is 0 Å². The number of rotatable bonds is 7. The van der Waals surface area contributed by atoms with Crippen molar-refractivity contribution in [3.05, 3.63) is 36.4 Å². The maximum atomic E-state index is 12.3. The quantitative estimate of drug-likeness (QED) is 0.410. The highest BCUT2D eigenvalue weighted by molar-refractivity contribution is 5.92. The standard InChI is InChI=1S/C20H26O4/c1-6-20(4,5)19(21)24-18-10-8-9-15-13-16(11-12-17(15)18)23-14(3)22-7-2/h8-14H,6-7H2,1-5H3. The minimum atomic E-state index is -0.502. The van der Waals surface area contributed by atoms with Gasteiger partial charge < -0.3 is 14.2 Å². The van der Waals surface area contributed by atoms with E-state index in [9.17, 15) is 4.79 Å². The Hall–Kier alpha value is -2.07. The van der Waals surface area contributed by atoms with Gasteiger partial charge in [-0.05, 0) is 63.8 Å². The molecule has 0 aliphatic heterocycles. The topological polar surface area (TPSA) is 44.8 Å². The van der Waals surface area contributed by atoms with Crippen LogP contribution in [0, 0.1) is 5.41 Å². The Morgan fingerprint density at radius 3 is 2.58 bits per heavy atom. The fourth-order valence-corrected chi connectivity index (χ4v) is 2.24. The van der Waals surface area contributed by atoms with Gasteiger partial charge in [0.15, 0.2) is 6.29 Å². The van der Waals surface area contributed by atoms with Crippen molar-refractivity contribution in [2.24, 2.45) is 5.41 Å². The van der Waals surface area contributed by atoms with Crippen LogP contribution in [0.25, 0.3) is 10.8 Å². The van der Waals surface area contributed by atoms with E-state index in [0.29, 0.717) is 12.4 Å². The number of hydrogen-bond donors (Lipinski definition) is 0. The highest BCUT2D eigenvalue weighted by Crippen LogP contribution is 2.31. The van der Waals surface area contributed by atoms with E-state index in [1.807, 2.05) is 71.0 Å². The Labute approximate surface area is 143 Å². The molecule has 0 spiro atoms. The Balaban J connectivity index is 2.26. The third-order valence-corrected chi connectivity index (χ3v) is 4.15. The van der Waals surface area contributed by atoms with Gasteiger partial charge in [-0.3, -0.25) is 4.79 Å². The molecule has 0 aromatic heterocycles. The molecular weight excluding hydrogens is 304 g/mol. The molecule has 2 aromatic carbocycles. The van der Waals surface area contributed by atoms with Crippen LogP contribution in [0.4, 0.5) is 0 Å². The van der Waals surface area contributed by atoms with Crippen molar-refractivity contribution in [2.75, 3.05) is 6.61 Å². The van der Waals surface area contributed by atoms with Crippen molar-refractivity contribution in [3.63, 3.8) is 0 Å². The molecule has 1 unspecified atom stereocenters. The fourth-order valence-electron chi connectivity index (χ4n) is 2.24. The predicted octanol–water partition coefficient (Wildman–Crippen LogP) is 4.94. The average Bonchev–Trinajstić information content (AvgIpc) is 2.55. The molecule has 24 heavy (non-hydrogen) atoms. The SMILES string of the molecule is CCOC(C)Oc1ccc2c(OC(=O)C(C)(C)CC)cccc2c1. The lowest BCUT2D eigenvalue weighted by molar-refractivity contribution is -0.144. The summed E-state index contributed by atoms with van der Waals surface area (Å²) in [5.74, 6) is 1.08. The lowest BCUT2D eigenvalue weighted by Gasteiger charge is -2.21. The van der Waals surface area contributed by atoms with Crippen molar-refractivity contribution < 1.29 is 19.0 Å². The highest BCUT2D eigenvalue weighted by atomic mass is 16.7. The second-order valence-electron chi connectivity index (χ2n) is 6.41. The van der Waals surface area contributed by atoms with Crippen molar-refractivity contribution in [1.82, 2.24) is 0 Å². The molecule has 0 radical (unpaired) electrons. The molecule has 0 aliphatic rings. The zero-order valence-electron chi connectivity index (χ0n) is 15.1. The van der Waals surface area contributed by atoms with Gasteiger partial charge in [0.25, 0.3) is 0 Å². The summed E-state index contributed by atoms with van der Waals surface area (Å²) in [4.78, 5) is 12.3. The van der Waals surface area contributed by atoms with Crippen LogP contribution in [0.1, 0.15) is 41.0 Å². The van der Waals surface area contributed by atoms with E-state index in [-0.39, 0.29) is 12.3 Å². The molecule has 0 amide bonds. The number of benzene rings is 2. The Kier molecular flexibility index (Phi) is 5.84. The molecule has 0 aliphatic carbocycles. The highest BCUT2D eigenvalue weighted by Gasteiger charge is 2.28. The molecule has 0 bridgehead atoms. The lowest BCUT2D eigenvalue weighted by Crippen LogP contribution is -2.28. The van der Waals surface area contributed by atoms with Crippen LogP contribution in [0.3, 0.4) is 0 Å². The first kappa shape index (κ1) is 18.3. The zero-order chi connectivity index (χ0) is 17.7. The van der Waals surface area contributed by atoms with Crippen molar-refractivity contribution >= 4 is 16.7 Å². The third-order valence-electron chi connectivity index (χ3n) is 4.15. The Morgan fingerprint density at radius 1 is 1.17 bits per heavy atom. The first-order valence-electron chi connectivity index (χ1n) is 8.40. The van der Waals surface area contributed by atoms with Crippen LogP contribution in [0.5, 0.6) is 11.5 Å². The van der Waals surface area contributed by atoms with Gasteiger partial charge in [0, 0.05) is 12.0 Å². The summed E-state index contributed by atoms with van der Waals surface area (Å²) in [6.07, 6.45) is 0.419. The first-order chi connectivity index (χ1) is 11.4. The van der Waals surface area contributed by atoms with Crippen LogP contribution in [0.15, 0.2) is 36.4 Å². The minimum absolute atomic E-state index is 0.220. The molecule has 0 fully saturated rings. The first-order valence-corrected chi connectivity index (χ1v) is 8.40. The number of ether oxygens (including phenoxy) is 3. The van der Waals surface area contributed by atoms with Gasteiger partial charge in [-0.2, -0.15) is 0 Å². The number of carbonyl (C=O) groups is 1. The van der Waals surface area contributed by atoms with Crippen LogP contribution >= 0.6 is 0 Å². The molecule has 4 heteroatoms. The van der Waals surface area contributed by atoms with E-state index in [1.54, 1.807) is 0 Å². The van der Waals surface area contributed by atoms with E-state index in [1.165, 1.54) is 0 Å². The second-order valence-corrected chi connectivity index (χ2v) is 6.41. The largest absolute Gasteiger partial charge is 0.465 e. The van der Waals surface area contributed by atoms with Gasteiger partial charge in [0.1, 0.15) is 11.5 Å². The molecule has 0 heterocycles. The molecule has 2 rings (SSSR count). The third kappa shape index (κ3) is 4.26. The molecule has 0 saturated heterocycles. The van der Waals surface area contributed by atoms with E-state index in [4.69, 9.17) is 14.2 Å². The molecule has 130 valence electrons. The normalized spacial score (nSPS) is 12.9. The molecule has 1 atom stereocenters. The number of hydrogen-bond acceptors (Lipinski definition) is 4. The number of esters is 1. The summed E-state index contributed by atoms with van der Waals surface area (Å²) in [6, 6.07) is 11.4. The summed E-state index contributed by atoms with van der Waals surface area (Å²) in [5.41, 5.74) is -0.502. The summed E-state index contributed by atoms with van der Waals surface area (Å²) < 4.78 is 16.8. The summed E-state index contributed by atoms with van der Waals surface area (Å²) in [5, 5.41) is 1.84. The van der Waals surface area contributed by atoms with Crippen molar-refractivity contribution in [3.8, 4) is 11.5 Å². The molecule has 0 saturated carbocycles. The summed E-state index contributed by atoms with van der Waals surface area (Å²) >= 11 is 0. The molecule has 0 N–H and O–H groups in total. The van der Waals surface area contributed by atoms with Gasteiger partial charge in [0.2, 0.25) is 0 Å². The predicted molar refractivity (Wildman–Crippen MR) is 95.4 cm³/mol. The van der Waals surface area contributed by atoms with Gasteiger partial charge in [-0.15, -0.1) is 0 Å². The number of fused-ring (bicyclic) bond motifs is 1. The summed E-state index contributed by atoms with van der Waals surface area (Å²) in [7, 11) is 0. The van der Waals surface area contributed by atoms with E-state index in [0.717, 1.165) is 22.9 Å². The number of carbonyl (C=O) groups excluding carboxylic acids is 1. The molecular formula is C20H26O4. The van der Waals surface area contributed by atoms with E-state index in [2.05, 4.69) is 0 Å². The minimum Gasteiger partial charge on any atom is -0.465 e. The van der Waals surface area contributed by atoms with Crippen molar-refractivity contribution in [2.45, 2.75) is 47.3 Å². The van der Waals surface area contributed by atoms with Gasteiger partial charge >= 0.3 is 5.97 Å². The molecule has 2 aromatic rings. The monoisotopic (exact) mass is 330 g/mol. The summed E-state index contributed by atoms with van der Waals surface area (Å²) in [6.45, 7) is 10.1. The maximum Gasteiger partial charge on any atom is 0.316 e. The lowest BCUT2D eigenvalue weighted by atomic mass is 9.91. The second kappa shape index (κ2) is 7.67. The average molecular weight is 330 g/mol. The van der Waals surface area contributed by atoms with Crippen LogP contribution < -0.4 is 9.47 Å². The van der Waals surface area contributed by atoms with Crippen LogP contribution in [0.2, 0.25) is 0 Å². The van der Waals surface area contributed by atoms with Gasteiger partial charge in [-0.1, -0.05) is 19.1 Å². The van der Waals surface area contributed by atoms with Crippen molar-refractivity contribution in [1.29, 1.82) is 0 Å². The van der Waals surface area contributed by atoms with E-state index < -0.39 is 5.41 Å². The maximum absolute atomic E-state index is 12.3. The van der Waals surface area contributed by atoms with Crippen LogP contribution in [-0.2, 0) is 9.53 Å². The molecule has 4 nitrogen and oxygen atoms in total. The van der Waals surface area contributed by atoms with Gasteiger partial charge in [0.05, 0.1) is 5.41 Å². The Bertz CT molecular complexity index is 706. The van der Waals surface area contributed by atoms with E-state index >= 15 is 0 Å². The Morgan fingerprint density at radius 2 is 1.92 bits per heavy atom. The van der Waals surface area contributed by atoms with Crippen LogP contribution in [-0.4, -0.2) is 18.9 Å².